The maximum absolute atomic E-state index is 6.01. The largest absolute Gasteiger partial charge is 0.330 e. The van der Waals surface area contributed by atoms with Gasteiger partial charge in [0, 0.05) is 22.5 Å². The first-order chi connectivity index (χ1) is 8.20. The monoisotopic (exact) mass is 265 g/mol. The molecule has 0 saturated heterocycles. The summed E-state index contributed by atoms with van der Waals surface area (Å²) in [5.41, 5.74) is 8.08. The summed E-state index contributed by atoms with van der Waals surface area (Å²) >= 11 is 12.0. The van der Waals surface area contributed by atoms with Crippen LogP contribution in [0, 0.1) is 0 Å². The fourth-order valence-electron chi connectivity index (χ4n) is 1.93. The van der Waals surface area contributed by atoms with Gasteiger partial charge in [-0.1, -0.05) is 53.5 Å². The molecular weight excluding hydrogens is 253 g/mol. The third kappa shape index (κ3) is 3.01. The van der Waals surface area contributed by atoms with Gasteiger partial charge in [-0.15, -0.1) is 0 Å². The Hall–Kier alpha value is -1.02. The van der Waals surface area contributed by atoms with Crippen LogP contribution < -0.4 is 5.73 Å². The van der Waals surface area contributed by atoms with Crippen molar-refractivity contribution in [1.82, 2.24) is 0 Å². The molecule has 0 aliphatic carbocycles. The number of rotatable bonds is 3. The Morgan fingerprint density at radius 2 is 1.47 bits per heavy atom. The van der Waals surface area contributed by atoms with E-state index in [1.54, 1.807) is 6.07 Å². The number of halogens is 2. The molecule has 0 heterocycles. The molecule has 0 aliphatic heterocycles. The summed E-state index contributed by atoms with van der Waals surface area (Å²) in [5.74, 6) is 0.132. The van der Waals surface area contributed by atoms with Gasteiger partial charge < -0.3 is 5.73 Å². The molecule has 0 amide bonds. The van der Waals surface area contributed by atoms with Crippen LogP contribution in [0.5, 0.6) is 0 Å². The van der Waals surface area contributed by atoms with E-state index in [9.17, 15) is 0 Å². The van der Waals surface area contributed by atoms with Gasteiger partial charge in [-0.25, -0.2) is 0 Å². The van der Waals surface area contributed by atoms with Crippen molar-refractivity contribution < 1.29 is 0 Å². The second-order valence-electron chi connectivity index (χ2n) is 3.90. The molecule has 0 aromatic heterocycles. The van der Waals surface area contributed by atoms with Gasteiger partial charge in [0.05, 0.1) is 0 Å². The number of hydrogen-bond acceptors (Lipinski definition) is 1. The van der Waals surface area contributed by atoms with Crippen molar-refractivity contribution in [3.8, 4) is 0 Å². The fraction of sp³-hybridized carbons (Fsp3) is 0.143. The minimum atomic E-state index is 0.132. The number of nitrogens with two attached hydrogens (primary N) is 1. The third-order valence-corrected chi connectivity index (χ3v) is 3.16. The summed E-state index contributed by atoms with van der Waals surface area (Å²) < 4.78 is 0. The Kier molecular flexibility index (Phi) is 4.06. The Bertz CT molecular complexity index is 477. The molecule has 2 N–H and O–H groups in total. The average Bonchev–Trinajstić information content (AvgIpc) is 2.30. The Balaban J connectivity index is 2.42. The van der Waals surface area contributed by atoms with Crippen molar-refractivity contribution in [3.63, 3.8) is 0 Å². The van der Waals surface area contributed by atoms with E-state index in [0.29, 0.717) is 16.6 Å². The van der Waals surface area contributed by atoms with Gasteiger partial charge in [-0.3, -0.25) is 0 Å². The molecule has 0 saturated carbocycles. The molecule has 17 heavy (non-hydrogen) atoms. The van der Waals surface area contributed by atoms with Gasteiger partial charge in [0.1, 0.15) is 0 Å². The minimum absolute atomic E-state index is 0.132. The summed E-state index contributed by atoms with van der Waals surface area (Å²) in [5, 5.41) is 1.28. The van der Waals surface area contributed by atoms with Gasteiger partial charge in [0.15, 0.2) is 0 Å². The second kappa shape index (κ2) is 5.54. The van der Waals surface area contributed by atoms with E-state index in [4.69, 9.17) is 28.9 Å². The lowest BCUT2D eigenvalue weighted by Crippen LogP contribution is -2.13. The number of benzene rings is 2. The molecule has 0 spiro atoms. The van der Waals surface area contributed by atoms with Gasteiger partial charge in [0.25, 0.3) is 0 Å². The Morgan fingerprint density at radius 1 is 0.882 bits per heavy atom. The quantitative estimate of drug-likeness (QED) is 0.889. The van der Waals surface area contributed by atoms with Gasteiger partial charge in [-0.05, 0) is 29.3 Å². The Morgan fingerprint density at radius 3 is 2.00 bits per heavy atom. The predicted octanol–water partition coefficient (Wildman–Crippen LogP) is 4.08. The predicted molar refractivity (Wildman–Crippen MR) is 73.8 cm³/mol. The van der Waals surface area contributed by atoms with E-state index in [1.807, 2.05) is 30.3 Å². The van der Waals surface area contributed by atoms with Crippen LogP contribution in [0.3, 0.4) is 0 Å². The molecule has 2 aromatic rings. The molecule has 88 valence electrons. The molecule has 0 unspecified atom stereocenters. The van der Waals surface area contributed by atoms with Crippen LogP contribution in [0.15, 0.2) is 48.5 Å². The highest BCUT2D eigenvalue weighted by Gasteiger charge is 2.13. The van der Waals surface area contributed by atoms with Crippen LogP contribution in [0.1, 0.15) is 17.0 Å². The molecule has 2 rings (SSSR count). The van der Waals surface area contributed by atoms with E-state index < -0.39 is 0 Å². The maximum Gasteiger partial charge on any atom is 0.0423 e. The van der Waals surface area contributed by atoms with Crippen molar-refractivity contribution in [2.75, 3.05) is 6.54 Å². The van der Waals surface area contributed by atoms with Crippen molar-refractivity contribution >= 4 is 23.2 Å². The summed E-state index contributed by atoms with van der Waals surface area (Å²) in [6, 6.07) is 15.7. The van der Waals surface area contributed by atoms with Crippen LogP contribution in [0.4, 0.5) is 0 Å². The third-order valence-electron chi connectivity index (χ3n) is 2.72. The average molecular weight is 266 g/mol. The van der Waals surface area contributed by atoms with Crippen molar-refractivity contribution in [3.05, 3.63) is 69.7 Å². The van der Waals surface area contributed by atoms with Crippen LogP contribution in [-0.4, -0.2) is 6.54 Å². The summed E-state index contributed by atoms with van der Waals surface area (Å²) in [7, 11) is 0. The van der Waals surface area contributed by atoms with Gasteiger partial charge in [-0.2, -0.15) is 0 Å². The van der Waals surface area contributed by atoms with Crippen molar-refractivity contribution in [2.24, 2.45) is 5.73 Å². The zero-order chi connectivity index (χ0) is 12.3. The standard InChI is InChI=1S/C14H13Cl2N/c15-12-6-11(7-13(16)8-12)14(9-17)10-4-2-1-3-5-10/h1-8,14H,9,17H2/t14-/m0/s1. The first-order valence-electron chi connectivity index (χ1n) is 5.41. The first-order valence-corrected chi connectivity index (χ1v) is 6.17. The topological polar surface area (TPSA) is 26.0 Å². The summed E-state index contributed by atoms with van der Waals surface area (Å²) in [4.78, 5) is 0. The fourth-order valence-corrected chi connectivity index (χ4v) is 2.47. The molecule has 0 fully saturated rings. The number of hydrogen-bond donors (Lipinski definition) is 1. The molecule has 0 radical (unpaired) electrons. The van der Waals surface area contributed by atoms with Crippen molar-refractivity contribution in [1.29, 1.82) is 0 Å². The van der Waals surface area contributed by atoms with Crippen LogP contribution in [0.2, 0.25) is 10.0 Å². The highest BCUT2D eigenvalue weighted by molar-refractivity contribution is 6.34. The second-order valence-corrected chi connectivity index (χ2v) is 4.77. The molecular formula is C14H13Cl2N. The minimum Gasteiger partial charge on any atom is -0.330 e. The first kappa shape index (κ1) is 12.4. The van der Waals surface area contributed by atoms with E-state index in [1.165, 1.54) is 5.56 Å². The lowest BCUT2D eigenvalue weighted by atomic mass is 9.91. The van der Waals surface area contributed by atoms with E-state index in [0.717, 1.165) is 5.56 Å². The van der Waals surface area contributed by atoms with E-state index >= 15 is 0 Å². The lowest BCUT2D eigenvalue weighted by Gasteiger charge is -2.16. The smallest absolute Gasteiger partial charge is 0.0423 e. The highest BCUT2D eigenvalue weighted by Crippen LogP contribution is 2.28. The summed E-state index contributed by atoms with van der Waals surface area (Å²) in [6.45, 7) is 0.528. The van der Waals surface area contributed by atoms with Crippen molar-refractivity contribution in [2.45, 2.75) is 5.92 Å². The van der Waals surface area contributed by atoms with Crippen LogP contribution in [-0.2, 0) is 0 Å². The molecule has 0 bridgehead atoms. The molecule has 1 atom stereocenters. The van der Waals surface area contributed by atoms with Crippen LogP contribution in [0.25, 0.3) is 0 Å². The zero-order valence-electron chi connectivity index (χ0n) is 9.24. The van der Waals surface area contributed by atoms with Gasteiger partial charge in [0.2, 0.25) is 0 Å². The SMILES string of the molecule is NC[C@@H](c1ccccc1)c1cc(Cl)cc(Cl)c1. The molecule has 1 nitrogen and oxygen atoms in total. The normalized spacial score (nSPS) is 12.4. The zero-order valence-corrected chi connectivity index (χ0v) is 10.7. The lowest BCUT2D eigenvalue weighted by molar-refractivity contribution is 0.819. The van der Waals surface area contributed by atoms with Crippen LogP contribution >= 0.6 is 23.2 Å². The van der Waals surface area contributed by atoms with E-state index in [2.05, 4.69) is 12.1 Å². The molecule has 3 heteroatoms. The summed E-state index contributed by atoms with van der Waals surface area (Å²) in [6.07, 6.45) is 0. The highest BCUT2D eigenvalue weighted by atomic mass is 35.5. The Labute approximate surface area is 111 Å². The van der Waals surface area contributed by atoms with Gasteiger partial charge >= 0.3 is 0 Å². The maximum atomic E-state index is 6.01. The molecule has 0 aliphatic rings. The molecule has 2 aromatic carbocycles. The van der Waals surface area contributed by atoms with E-state index in [-0.39, 0.29) is 5.92 Å².